The van der Waals surface area contributed by atoms with E-state index in [1.54, 1.807) is 0 Å². The zero-order chi connectivity index (χ0) is 8.85. The lowest BCUT2D eigenvalue weighted by atomic mass is 10.2. The van der Waals surface area contributed by atoms with E-state index in [1.807, 2.05) is 0 Å². The Hall–Kier alpha value is -1.69. The molecule has 0 aliphatic heterocycles. The van der Waals surface area contributed by atoms with Crippen LogP contribution >= 0.6 is 0 Å². The molecular formula is C8H10N2O. The maximum Gasteiger partial charge on any atom is 0.220 e. The van der Waals surface area contributed by atoms with Crippen LogP contribution in [0.25, 0.3) is 0 Å². The first-order chi connectivity index (χ1) is 5.07. The molecule has 0 saturated heterocycles. The van der Waals surface area contributed by atoms with E-state index < -0.39 is 0 Å². The predicted molar refractivity (Wildman–Crippen MR) is 44.1 cm³/mol. The summed E-state index contributed by atoms with van der Waals surface area (Å²) in [6.45, 7) is 4.80. The minimum absolute atomic E-state index is 0.195. The quantitative estimate of drug-likeness (QED) is 0.433. The molecule has 11 heavy (non-hydrogen) atoms. The van der Waals surface area contributed by atoms with E-state index in [2.05, 4.69) is 17.8 Å². The molecule has 3 N–H and O–H groups in total. The van der Waals surface area contributed by atoms with Crippen molar-refractivity contribution < 1.29 is 4.79 Å². The highest BCUT2D eigenvalue weighted by Crippen LogP contribution is 1.96. The van der Waals surface area contributed by atoms with Gasteiger partial charge in [0, 0.05) is 18.8 Å². The molecule has 0 atom stereocenters. The van der Waals surface area contributed by atoms with Crippen molar-refractivity contribution in [2.75, 3.05) is 0 Å². The van der Waals surface area contributed by atoms with Crippen LogP contribution in [0.2, 0.25) is 0 Å². The molecular weight excluding hydrogens is 140 g/mol. The molecule has 58 valence electrons. The summed E-state index contributed by atoms with van der Waals surface area (Å²) in [6, 6.07) is 0. The summed E-state index contributed by atoms with van der Waals surface area (Å²) < 4.78 is 0. The minimum Gasteiger partial charge on any atom is -0.398 e. The Kier molecular flexibility index (Phi) is 3.54. The number of amides is 1. The number of allylic oxidation sites excluding steroid dienone is 1. The molecule has 0 heterocycles. The fraction of sp³-hybridized carbons (Fsp3) is 0.125. The molecule has 0 aromatic heterocycles. The lowest BCUT2D eigenvalue weighted by molar-refractivity contribution is -0.118. The first kappa shape index (κ1) is 9.31. The first-order valence-electron chi connectivity index (χ1n) is 2.96. The van der Waals surface area contributed by atoms with Gasteiger partial charge >= 0.3 is 0 Å². The third kappa shape index (κ3) is 3.82. The van der Waals surface area contributed by atoms with Crippen molar-refractivity contribution in [2.24, 2.45) is 5.73 Å². The summed E-state index contributed by atoms with van der Waals surface area (Å²) in [5.41, 5.74) is 5.93. The van der Waals surface area contributed by atoms with E-state index in [9.17, 15) is 4.79 Å². The lowest BCUT2D eigenvalue weighted by Crippen LogP contribution is -2.13. The molecule has 0 radical (unpaired) electrons. The third-order valence-electron chi connectivity index (χ3n) is 0.921. The fourth-order valence-corrected chi connectivity index (χ4v) is 0.401. The van der Waals surface area contributed by atoms with Gasteiger partial charge in [-0.1, -0.05) is 12.5 Å². The number of nitrogens with two attached hydrogens (primary N) is 1. The molecule has 3 heteroatoms. The van der Waals surface area contributed by atoms with E-state index >= 15 is 0 Å². The molecule has 0 aromatic rings. The van der Waals surface area contributed by atoms with Crippen LogP contribution in [0.15, 0.2) is 24.0 Å². The van der Waals surface area contributed by atoms with Crippen LogP contribution in [0, 0.1) is 12.3 Å². The Balaban J connectivity index is 4.28. The van der Waals surface area contributed by atoms with Crippen LogP contribution in [0.3, 0.4) is 0 Å². The SMILES string of the molecule is C#C/C(=C/NC(C)=O)C(=C)N. The van der Waals surface area contributed by atoms with E-state index in [-0.39, 0.29) is 11.6 Å². The fourth-order valence-electron chi connectivity index (χ4n) is 0.401. The number of carbonyl (C=O) groups excluding carboxylic acids is 1. The maximum atomic E-state index is 10.4. The van der Waals surface area contributed by atoms with Crippen LogP contribution in [0.5, 0.6) is 0 Å². The zero-order valence-electron chi connectivity index (χ0n) is 6.35. The van der Waals surface area contributed by atoms with Gasteiger partial charge in [0.2, 0.25) is 5.91 Å². The van der Waals surface area contributed by atoms with Gasteiger partial charge in [0.1, 0.15) is 0 Å². The number of rotatable bonds is 2. The van der Waals surface area contributed by atoms with Crippen molar-refractivity contribution in [1.29, 1.82) is 0 Å². The summed E-state index contributed by atoms with van der Waals surface area (Å²) >= 11 is 0. The van der Waals surface area contributed by atoms with Gasteiger partial charge in [0.15, 0.2) is 0 Å². The largest absolute Gasteiger partial charge is 0.398 e. The van der Waals surface area contributed by atoms with E-state index in [4.69, 9.17) is 12.2 Å². The first-order valence-corrected chi connectivity index (χ1v) is 2.96. The van der Waals surface area contributed by atoms with Gasteiger partial charge < -0.3 is 11.1 Å². The van der Waals surface area contributed by atoms with Gasteiger partial charge in [-0.3, -0.25) is 4.79 Å². The Morgan fingerprint density at radius 1 is 1.82 bits per heavy atom. The summed E-state index contributed by atoms with van der Waals surface area (Å²) in [4.78, 5) is 10.4. The second-order valence-electron chi connectivity index (χ2n) is 1.93. The van der Waals surface area contributed by atoms with Gasteiger partial charge in [-0.2, -0.15) is 0 Å². The van der Waals surface area contributed by atoms with Crippen LogP contribution in [0.4, 0.5) is 0 Å². The van der Waals surface area contributed by atoms with Gasteiger partial charge in [0.05, 0.1) is 5.57 Å². The van der Waals surface area contributed by atoms with Crippen LogP contribution < -0.4 is 11.1 Å². The minimum atomic E-state index is -0.195. The van der Waals surface area contributed by atoms with Gasteiger partial charge in [-0.05, 0) is 0 Å². The van der Waals surface area contributed by atoms with Gasteiger partial charge in [0.25, 0.3) is 0 Å². The lowest BCUT2D eigenvalue weighted by Gasteiger charge is -1.97. The highest BCUT2D eigenvalue weighted by atomic mass is 16.1. The summed E-state index contributed by atoms with van der Waals surface area (Å²) in [5, 5.41) is 2.39. The van der Waals surface area contributed by atoms with Crippen LogP contribution in [0.1, 0.15) is 6.92 Å². The molecule has 0 aromatic carbocycles. The maximum absolute atomic E-state index is 10.4. The second-order valence-corrected chi connectivity index (χ2v) is 1.93. The third-order valence-corrected chi connectivity index (χ3v) is 0.921. The molecule has 0 rings (SSSR count). The summed E-state index contributed by atoms with van der Waals surface area (Å²) in [7, 11) is 0. The molecule has 0 aliphatic carbocycles. The molecule has 0 fully saturated rings. The average Bonchev–Trinajstić information content (AvgIpc) is 1.87. The smallest absolute Gasteiger partial charge is 0.220 e. The molecule has 0 aliphatic rings. The van der Waals surface area contributed by atoms with E-state index in [0.29, 0.717) is 5.57 Å². The standard InChI is InChI=1S/C8H10N2O/c1-4-8(6(2)9)5-10-7(3)11/h1,5H,2,9H2,3H3,(H,10,11)/b8-5-. The molecule has 3 nitrogen and oxygen atoms in total. The van der Waals surface area contributed by atoms with Crippen molar-refractivity contribution in [2.45, 2.75) is 6.92 Å². The number of nitrogens with one attached hydrogen (secondary N) is 1. The summed E-state index contributed by atoms with van der Waals surface area (Å²) in [6.07, 6.45) is 6.40. The van der Waals surface area contributed by atoms with Crippen molar-refractivity contribution in [3.8, 4) is 12.3 Å². The Bertz CT molecular complexity index is 245. The van der Waals surface area contributed by atoms with Crippen LogP contribution in [-0.4, -0.2) is 5.91 Å². The highest BCUT2D eigenvalue weighted by molar-refractivity contribution is 5.74. The van der Waals surface area contributed by atoms with Crippen molar-refractivity contribution in [3.05, 3.63) is 24.0 Å². The Morgan fingerprint density at radius 3 is 2.64 bits per heavy atom. The van der Waals surface area contributed by atoms with Crippen molar-refractivity contribution in [3.63, 3.8) is 0 Å². The predicted octanol–water partition coefficient (Wildman–Crippen LogP) is 0.112. The second kappa shape index (κ2) is 4.18. The highest BCUT2D eigenvalue weighted by Gasteiger charge is 1.92. The number of hydrogen-bond donors (Lipinski definition) is 2. The van der Waals surface area contributed by atoms with Gasteiger partial charge in [-0.25, -0.2) is 0 Å². The number of terminal acetylenes is 1. The average molecular weight is 150 g/mol. The normalized spacial score (nSPS) is 10.0. The van der Waals surface area contributed by atoms with E-state index in [1.165, 1.54) is 13.1 Å². The van der Waals surface area contributed by atoms with Gasteiger partial charge in [-0.15, -0.1) is 6.42 Å². The Morgan fingerprint density at radius 2 is 2.36 bits per heavy atom. The zero-order valence-corrected chi connectivity index (χ0v) is 6.35. The monoisotopic (exact) mass is 150 g/mol. The van der Waals surface area contributed by atoms with E-state index in [0.717, 1.165) is 0 Å². The molecule has 0 unspecified atom stereocenters. The topological polar surface area (TPSA) is 55.1 Å². The molecule has 1 amide bonds. The molecule has 0 spiro atoms. The van der Waals surface area contributed by atoms with Crippen molar-refractivity contribution >= 4 is 5.91 Å². The summed E-state index contributed by atoms with van der Waals surface area (Å²) in [5.74, 6) is 2.08. The van der Waals surface area contributed by atoms with Crippen molar-refractivity contribution in [1.82, 2.24) is 5.32 Å². The van der Waals surface area contributed by atoms with Crippen LogP contribution in [-0.2, 0) is 4.79 Å². The molecule has 0 saturated carbocycles. The molecule has 0 bridgehead atoms. The number of hydrogen-bond acceptors (Lipinski definition) is 2. The number of carbonyl (C=O) groups is 1. The Labute approximate surface area is 66.0 Å².